The molecular weight excluding hydrogens is 487 g/mol. The quantitative estimate of drug-likeness (QED) is 0.313. The third kappa shape index (κ3) is 5.13. The van der Waals surface area contributed by atoms with Crippen molar-refractivity contribution >= 4 is 21.6 Å². The Balaban J connectivity index is 1.45. The zero-order chi connectivity index (χ0) is 26.0. The number of fused-ring (bicyclic) bond motifs is 1. The Morgan fingerprint density at radius 2 is 1.43 bits per heavy atom. The molecule has 1 aliphatic rings. The molecule has 7 heteroatoms. The van der Waals surface area contributed by atoms with Gasteiger partial charge in [-0.3, -0.25) is 9.10 Å². The van der Waals surface area contributed by atoms with Crippen molar-refractivity contribution < 1.29 is 17.6 Å². The molecule has 0 saturated carbocycles. The van der Waals surface area contributed by atoms with Gasteiger partial charge in [-0.1, -0.05) is 60.7 Å². The van der Waals surface area contributed by atoms with Gasteiger partial charge >= 0.3 is 0 Å². The summed E-state index contributed by atoms with van der Waals surface area (Å²) in [5, 5.41) is 0. The SMILES string of the molecule is C[C@@H]1Cc2cc(C(=O)N(Cc3ccccc3)Cc3ccccc3)ccc2N1S(=O)(=O)c1ccc(F)cc1. The smallest absolute Gasteiger partial charge is 0.264 e. The van der Waals surface area contributed by atoms with Gasteiger partial charge in [0, 0.05) is 24.7 Å². The van der Waals surface area contributed by atoms with Crippen molar-refractivity contribution in [3.05, 3.63) is 131 Å². The molecule has 5 rings (SSSR count). The van der Waals surface area contributed by atoms with Gasteiger partial charge in [0.1, 0.15) is 5.82 Å². The summed E-state index contributed by atoms with van der Waals surface area (Å²) in [6.07, 6.45) is 0.480. The number of carbonyl (C=O) groups excluding carboxylic acids is 1. The van der Waals surface area contributed by atoms with Gasteiger partial charge in [-0.2, -0.15) is 0 Å². The average Bonchev–Trinajstić information content (AvgIpc) is 3.25. The number of halogens is 1. The first kappa shape index (κ1) is 24.7. The predicted molar refractivity (Wildman–Crippen MR) is 142 cm³/mol. The number of amides is 1. The topological polar surface area (TPSA) is 57.7 Å². The highest BCUT2D eigenvalue weighted by Gasteiger charge is 2.36. The van der Waals surface area contributed by atoms with Crippen molar-refractivity contribution in [1.29, 1.82) is 0 Å². The van der Waals surface area contributed by atoms with Crippen LogP contribution in [0.5, 0.6) is 0 Å². The summed E-state index contributed by atoms with van der Waals surface area (Å²) >= 11 is 0. The van der Waals surface area contributed by atoms with E-state index in [1.54, 1.807) is 23.1 Å². The summed E-state index contributed by atoms with van der Waals surface area (Å²) in [7, 11) is -3.88. The highest BCUT2D eigenvalue weighted by Crippen LogP contribution is 2.37. The highest BCUT2D eigenvalue weighted by molar-refractivity contribution is 7.92. The van der Waals surface area contributed by atoms with Crippen LogP contribution in [0.25, 0.3) is 0 Å². The number of benzene rings is 4. The maximum Gasteiger partial charge on any atom is 0.264 e. The van der Waals surface area contributed by atoms with Crippen LogP contribution in [0.1, 0.15) is 34.0 Å². The molecule has 0 N–H and O–H groups in total. The molecule has 0 unspecified atom stereocenters. The maximum absolute atomic E-state index is 13.7. The summed E-state index contributed by atoms with van der Waals surface area (Å²) in [6, 6.07) is 29.4. The Morgan fingerprint density at radius 3 is 2.00 bits per heavy atom. The summed E-state index contributed by atoms with van der Waals surface area (Å²) in [6.45, 7) is 2.74. The largest absolute Gasteiger partial charge is 0.330 e. The molecule has 1 aliphatic heterocycles. The van der Waals surface area contributed by atoms with Crippen LogP contribution in [0, 0.1) is 5.82 Å². The normalized spacial score (nSPS) is 14.9. The van der Waals surface area contributed by atoms with E-state index in [9.17, 15) is 17.6 Å². The third-order valence-corrected chi connectivity index (χ3v) is 8.51. The second-order valence-corrected chi connectivity index (χ2v) is 11.1. The molecule has 4 aromatic rings. The van der Waals surface area contributed by atoms with Crippen molar-refractivity contribution in [2.24, 2.45) is 0 Å². The lowest BCUT2D eigenvalue weighted by atomic mass is 10.1. The first-order valence-corrected chi connectivity index (χ1v) is 13.6. The first-order valence-electron chi connectivity index (χ1n) is 12.1. The predicted octanol–water partition coefficient (Wildman–Crippen LogP) is 5.81. The van der Waals surface area contributed by atoms with E-state index in [0.717, 1.165) is 28.8 Å². The molecule has 0 saturated heterocycles. The summed E-state index contributed by atoms with van der Waals surface area (Å²) in [4.78, 5) is 15.6. The molecular formula is C30H27FN2O3S. The van der Waals surface area contributed by atoms with Gasteiger partial charge in [0.25, 0.3) is 15.9 Å². The van der Waals surface area contributed by atoms with Crippen molar-refractivity contribution in [2.45, 2.75) is 37.4 Å². The van der Waals surface area contributed by atoms with E-state index in [1.807, 2.05) is 67.6 Å². The lowest BCUT2D eigenvalue weighted by molar-refractivity contribution is 0.0730. The number of hydrogen-bond acceptors (Lipinski definition) is 3. The summed E-state index contributed by atoms with van der Waals surface area (Å²) < 4.78 is 41.5. The third-order valence-electron chi connectivity index (χ3n) is 6.57. The van der Waals surface area contributed by atoms with Gasteiger partial charge in [-0.15, -0.1) is 0 Å². The molecule has 5 nitrogen and oxygen atoms in total. The van der Waals surface area contributed by atoms with E-state index in [4.69, 9.17) is 0 Å². The highest BCUT2D eigenvalue weighted by atomic mass is 32.2. The molecule has 1 amide bonds. The zero-order valence-corrected chi connectivity index (χ0v) is 21.2. The molecule has 0 spiro atoms. The summed E-state index contributed by atoms with van der Waals surface area (Å²) in [5.74, 6) is -0.615. The van der Waals surface area contributed by atoms with Crippen LogP contribution in [-0.2, 0) is 29.5 Å². The van der Waals surface area contributed by atoms with Crippen LogP contribution in [0.3, 0.4) is 0 Å². The Morgan fingerprint density at radius 1 is 0.865 bits per heavy atom. The number of anilines is 1. The molecule has 0 fully saturated rings. The molecule has 1 heterocycles. The van der Waals surface area contributed by atoms with Crippen LogP contribution in [0.2, 0.25) is 0 Å². The van der Waals surface area contributed by atoms with E-state index < -0.39 is 15.8 Å². The minimum atomic E-state index is -3.88. The Bertz CT molecular complexity index is 1470. The van der Waals surface area contributed by atoms with Crippen molar-refractivity contribution in [3.8, 4) is 0 Å². The lowest BCUT2D eigenvalue weighted by Crippen LogP contribution is -2.35. The van der Waals surface area contributed by atoms with Crippen LogP contribution >= 0.6 is 0 Å². The lowest BCUT2D eigenvalue weighted by Gasteiger charge is -2.25. The van der Waals surface area contributed by atoms with Gasteiger partial charge in [-0.05, 0) is 72.5 Å². The van der Waals surface area contributed by atoms with E-state index in [2.05, 4.69) is 0 Å². The van der Waals surface area contributed by atoms with Gasteiger partial charge in [0.15, 0.2) is 0 Å². The molecule has 0 bridgehead atoms. The van der Waals surface area contributed by atoms with E-state index in [1.165, 1.54) is 16.4 Å². The van der Waals surface area contributed by atoms with Gasteiger partial charge < -0.3 is 4.90 Å². The van der Waals surface area contributed by atoms with Gasteiger partial charge in [0.2, 0.25) is 0 Å². The Hall–Kier alpha value is -3.97. The molecule has 1 atom stereocenters. The van der Waals surface area contributed by atoms with Gasteiger partial charge in [0.05, 0.1) is 10.6 Å². The van der Waals surface area contributed by atoms with Crippen LogP contribution in [0.4, 0.5) is 10.1 Å². The number of hydrogen-bond donors (Lipinski definition) is 0. The van der Waals surface area contributed by atoms with Crippen molar-refractivity contribution in [1.82, 2.24) is 4.90 Å². The van der Waals surface area contributed by atoms with Gasteiger partial charge in [-0.25, -0.2) is 12.8 Å². The second kappa shape index (κ2) is 10.2. The average molecular weight is 515 g/mol. The van der Waals surface area contributed by atoms with Crippen molar-refractivity contribution in [2.75, 3.05) is 4.31 Å². The van der Waals surface area contributed by atoms with Crippen LogP contribution in [0.15, 0.2) is 108 Å². The maximum atomic E-state index is 13.7. The van der Waals surface area contributed by atoms with Crippen LogP contribution in [-0.4, -0.2) is 25.3 Å². The Labute approximate surface area is 216 Å². The molecule has 37 heavy (non-hydrogen) atoms. The second-order valence-electron chi connectivity index (χ2n) is 9.28. The minimum absolute atomic E-state index is 0.0330. The van der Waals surface area contributed by atoms with E-state index >= 15 is 0 Å². The van der Waals surface area contributed by atoms with E-state index in [-0.39, 0.29) is 16.8 Å². The Kier molecular flexibility index (Phi) is 6.80. The molecule has 0 radical (unpaired) electrons. The fourth-order valence-corrected chi connectivity index (χ4v) is 6.50. The number of carbonyl (C=O) groups is 1. The molecule has 188 valence electrons. The monoisotopic (exact) mass is 514 g/mol. The van der Waals surface area contributed by atoms with Crippen molar-refractivity contribution in [3.63, 3.8) is 0 Å². The first-order chi connectivity index (χ1) is 17.8. The molecule has 0 aliphatic carbocycles. The minimum Gasteiger partial charge on any atom is -0.330 e. The summed E-state index contributed by atoms with van der Waals surface area (Å²) in [5.41, 5.74) is 3.91. The number of sulfonamides is 1. The fraction of sp³-hybridized carbons (Fsp3) is 0.167. The molecule has 0 aromatic heterocycles. The fourth-order valence-electron chi connectivity index (χ4n) is 4.81. The number of nitrogens with zero attached hydrogens (tertiary/aromatic N) is 2. The number of rotatable bonds is 7. The van der Waals surface area contributed by atoms with E-state index in [0.29, 0.717) is 30.8 Å². The van der Waals surface area contributed by atoms with Crippen LogP contribution < -0.4 is 4.31 Å². The standard InChI is InChI=1S/C30H27FN2O3S/c1-22-18-26-19-25(12-17-29(26)33(22)37(35,36)28-15-13-27(31)14-16-28)30(34)32(20-23-8-4-2-5-9-23)21-24-10-6-3-7-11-24/h2-17,19,22H,18,20-21H2,1H3/t22-/m1/s1. The molecule has 4 aromatic carbocycles. The zero-order valence-electron chi connectivity index (χ0n) is 20.4.